The van der Waals surface area contributed by atoms with Gasteiger partial charge in [0.15, 0.2) is 0 Å². The molecule has 1 aliphatic heterocycles. The second-order valence-corrected chi connectivity index (χ2v) is 7.81. The number of fused-ring (bicyclic) bond motifs is 1. The molecule has 2 aromatic carbocycles. The van der Waals surface area contributed by atoms with Crippen molar-refractivity contribution in [3.8, 4) is 5.75 Å². The fourth-order valence-electron chi connectivity index (χ4n) is 3.76. The van der Waals surface area contributed by atoms with Crippen LogP contribution < -0.4 is 4.74 Å². The van der Waals surface area contributed by atoms with Gasteiger partial charge in [-0.3, -0.25) is 14.7 Å². The number of hydrogen-bond donors (Lipinski definition) is 0. The number of benzene rings is 2. The first-order chi connectivity index (χ1) is 14.0. The summed E-state index contributed by atoms with van der Waals surface area (Å²) in [6.07, 6.45) is 0. The van der Waals surface area contributed by atoms with Gasteiger partial charge in [0.1, 0.15) is 5.75 Å². The Morgan fingerprint density at radius 3 is 2.62 bits per heavy atom. The molecule has 2 heterocycles. The zero-order valence-electron chi connectivity index (χ0n) is 16.7. The molecular weight excluding hydrogens is 386 g/mol. The third kappa shape index (κ3) is 4.36. The number of hydrogen-bond acceptors (Lipinski definition) is 4. The van der Waals surface area contributed by atoms with E-state index in [2.05, 4.69) is 16.0 Å². The van der Waals surface area contributed by atoms with E-state index in [-0.39, 0.29) is 5.91 Å². The maximum atomic E-state index is 13.1. The standard InChI is InChI=1S/C23H24ClN3O2/c1-16-21(13-18-6-7-20(29-2)14-22(18)25-16)23(28)27-10-8-26(9-11-27)15-17-4-3-5-19(24)12-17/h3-7,12-14H,8-11,15H2,1-2H3. The van der Waals surface area contributed by atoms with Gasteiger partial charge in [-0.15, -0.1) is 0 Å². The number of aromatic nitrogens is 1. The maximum Gasteiger partial charge on any atom is 0.255 e. The zero-order chi connectivity index (χ0) is 20.4. The van der Waals surface area contributed by atoms with Crippen LogP contribution in [0.1, 0.15) is 21.6 Å². The quantitative estimate of drug-likeness (QED) is 0.649. The molecule has 6 heteroatoms. The van der Waals surface area contributed by atoms with Crippen LogP contribution in [-0.2, 0) is 6.54 Å². The third-order valence-corrected chi connectivity index (χ3v) is 5.64. The monoisotopic (exact) mass is 409 g/mol. The molecule has 0 unspecified atom stereocenters. The molecule has 1 aliphatic rings. The van der Waals surface area contributed by atoms with Crippen LogP contribution in [0.25, 0.3) is 10.9 Å². The molecule has 4 rings (SSSR count). The number of carbonyl (C=O) groups excluding carboxylic acids is 1. The summed E-state index contributed by atoms with van der Waals surface area (Å²) in [5.74, 6) is 0.814. The summed E-state index contributed by atoms with van der Waals surface area (Å²) in [5.41, 5.74) is 3.45. The van der Waals surface area contributed by atoms with Gasteiger partial charge in [0.25, 0.3) is 5.91 Å². The molecule has 0 N–H and O–H groups in total. The van der Waals surface area contributed by atoms with Crippen LogP contribution in [0, 0.1) is 6.92 Å². The molecule has 1 fully saturated rings. The molecule has 29 heavy (non-hydrogen) atoms. The highest BCUT2D eigenvalue weighted by molar-refractivity contribution is 6.30. The van der Waals surface area contributed by atoms with Crippen molar-refractivity contribution in [2.24, 2.45) is 0 Å². The predicted octanol–water partition coefficient (Wildman–Crippen LogP) is 4.16. The van der Waals surface area contributed by atoms with E-state index in [0.717, 1.165) is 47.0 Å². The van der Waals surface area contributed by atoms with Crippen LogP contribution >= 0.6 is 11.6 Å². The van der Waals surface area contributed by atoms with E-state index >= 15 is 0 Å². The zero-order valence-corrected chi connectivity index (χ0v) is 17.4. The van der Waals surface area contributed by atoms with Crippen LogP contribution in [0.5, 0.6) is 5.75 Å². The Kier molecular flexibility index (Phi) is 5.69. The number of aryl methyl sites for hydroxylation is 1. The van der Waals surface area contributed by atoms with Crippen LogP contribution in [0.15, 0.2) is 48.5 Å². The Morgan fingerprint density at radius 1 is 1.10 bits per heavy atom. The van der Waals surface area contributed by atoms with Gasteiger partial charge >= 0.3 is 0 Å². The minimum absolute atomic E-state index is 0.0510. The Bertz CT molecular complexity index is 1050. The first-order valence-corrected chi connectivity index (χ1v) is 10.1. The molecule has 0 spiro atoms. The molecule has 0 saturated carbocycles. The lowest BCUT2D eigenvalue weighted by molar-refractivity contribution is 0.0627. The number of ether oxygens (including phenoxy) is 1. The highest BCUT2D eigenvalue weighted by Crippen LogP contribution is 2.23. The lowest BCUT2D eigenvalue weighted by Crippen LogP contribution is -2.48. The largest absolute Gasteiger partial charge is 0.497 e. The second kappa shape index (κ2) is 8.39. The Balaban J connectivity index is 1.44. The second-order valence-electron chi connectivity index (χ2n) is 7.38. The van der Waals surface area contributed by atoms with Crippen molar-refractivity contribution in [1.29, 1.82) is 0 Å². The topological polar surface area (TPSA) is 45.7 Å². The number of nitrogens with zero attached hydrogens (tertiary/aromatic N) is 3. The minimum Gasteiger partial charge on any atom is -0.497 e. The fraction of sp³-hybridized carbons (Fsp3) is 0.304. The number of pyridine rings is 1. The average Bonchev–Trinajstić information content (AvgIpc) is 2.73. The van der Waals surface area contributed by atoms with Crippen molar-refractivity contribution >= 4 is 28.4 Å². The van der Waals surface area contributed by atoms with E-state index in [1.54, 1.807) is 7.11 Å². The molecule has 0 aliphatic carbocycles. The highest BCUT2D eigenvalue weighted by atomic mass is 35.5. The molecule has 1 saturated heterocycles. The van der Waals surface area contributed by atoms with Crippen LogP contribution in [0.2, 0.25) is 5.02 Å². The Labute approximate surface area is 175 Å². The molecule has 1 amide bonds. The fourth-order valence-corrected chi connectivity index (χ4v) is 3.97. The van der Waals surface area contributed by atoms with E-state index in [1.807, 2.05) is 54.3 Å². The summed E-state index contributed by atoms with van der Waals surface area (Å²) >= 11 is 6.08. The van der Waals surface area contributed by atoms with Gasteiger partial charge in [-0.05, 0) is 42.8 Å². The number of amides is 1. The van der Waals surface area contributed by atoms with Gasteiger partial charge in [-0.2, -0.15) is 0 Å². The van der Waals surface area contributed by atoms with E-state index in [0.29, 0.717) is 18.7 Å². The SMILES string of the molecule is COc1ccc2cc(C(=O)N3CCN(Cc4cccc(Cl)c4)CC3)c(C)nc2c1. The van der Waals surface area contributed by atoms with Gasteiger partial charge < -0.3 is 9.64 Å². The first-order valence-electron chi connectivity index (χ1n) is 9.75. The van der Waals surface area contributed by atoms with Gasteiger partial charge in [0.2, 0.25) is 0 Å². The van der Waals surface area contributed by atoms with Gasteiger partial charge in [-0.1, -0.05) is 23.7 Å². The lowest BCUT2D eigenvalue weighted by Gasteiger charge is -2.35. The number of piperazine rings is 1. The predicted molar refractivity (Wildman–Crippen MR) is 116 cm³/mol. The molecule has 0 bridgehead atoms. The van der Waals surface area contributed by atoms with Crippen LogP contribution in [0.3, 0.4) is 0 Å². The van der Waals surface area contributed by atoms with Crippen molar-refractivity contribution in [1.82, 2.24) is 14.8 Å². The lowest BCUT2D eigenvalue weighted by atomic mass is 10.1. The highest BCUT2D eigenvalue weighted by Gasteiger charge is 2.24. The Morgan fingerprint density at radius 2 is 1.90 bits per heavy atom. The molecular formula is C23H24ClN3O2. The van der Waals surface area contributed by atoms with Crippen molar-refractivity contribution in [2.45, 2.75) is 13.5 Å². The summed E-state index contributed by atoms with van der Waals surface area (Å²) in [5, 5.41) is 1.70. The molecule has 1 aromatic heterocycles. The summed E-state index contributed by atoms with van der Waals surface area (Å²) in [6.45, 7) is 5.84. The summed E-state index contributed by atoms with van der Waals surface area (Å²) in [7, 11) is 1.64. The summed E-state index contributed by atoms with van der Waals surface area (Å²) in [4.78, 5) is 22.0. The van der Waals surface area contributed by atoms with Crippen molar-refractivity contribution in [3.63, 3.8) is 0 Å². The van der Waals surface area contributed by atoms with E-state index in [9.17, 15) is 4.79 Å². The molecule has 0 radical (unpaired) electrons. The Hall–Kier alpha value is -2.63. The van der Waals surface area contributed by atoms with Gasteiger partial charge in [0.05, 0.1) is 23.9 Å². The first kappa shape index (κ1) is 19.7. The number of halogens is 1. The average molecular weight is 410 g/mol. The van der Waals surface area contributed by atoms with Crippen LogP contribution in [0.4, 0.5) is 0 Å². The van der Waals surface area contributed by atoms with E-state index in [4.69, 9.17) is 16.3 Å². The van der Waals surface area contributed by atoms with E-state index < -0.39 is 0 Å². The molecule has 3 aromatic rings. The van der Waals surface area contributed by atoms with Crippen LogP contribution in [-0.4, -0.2) is 54.0 Å². The van der Waals surface area contributed by atoms with Crippen molar-refractivity contribution in [3.05, 3.63) is 70.4 Å². The smallest absolute Gasteiger partial charge is 0.255 e. The minimum atomic E-state index is 0.0510. The number of rotatable bonds is 4. The van der Waals surface area contributed by atoms with E-state index in [1.165, 1.54) is 5.56 Å². The molecule has 5 nitrogen and oxygen atoms in total. The molecule has 0 atom stereocenters. The van der Waals surface area contributed by atoms with Gasteiger partial charge in [0, 0.05) is 49.2 Å². The van der Waals surface area contributed by atoms with Gasteiger partial charge in [-0.25, -0.2) is 0 Å². The number of carbonyl (C=O) groups is 1. The maximum absolute atomic E-state index is 13.1. The summed E-state index contributed by atoms with van der Waals surface area (Å²) < 4.78 is 5.27. The normalized spacial score (nSPS) is 14.9. The van der Waals surface area contributed by atoms with Crippen molar-refractivity contribution < 1.29 is 9.53 Å². The van der Waals surface area contributed by atoms with Crippen molar-refractivity contribution in [2.75, 3.05) is 33.3 Å². The molecule has 150 valence electrons. The summed E-state index contributed by atoms with van der Waals surface area (Å²) in [6, 6.07) is 15.6. The number of methoxy groups -OCH3 is 1. The third-order valence-electron chi connectivity index (χ3n) is 5.40.